The molecule has 1 heterocycles. The number of carbonyl (C=O) groups is 2. The Morgan fingerprint density at radius 2 is 2.29 bits per heavy atom. The van der Waals surface area contributed by atoms with Gasteiger partial charge >= 0.3 is 12.1 Å². The molecular weight excluding hydrogens is 190 g/mol. The fourth-order valence-corrected chi connectivity index (χ4v) is 0.965. The third kappa shape index (κ3) is 2.77. The highest BCUT2D eigenvalue weighted by Gasteiger charge is 2.20. The maximum absolute atomic E-state index is 10.6. The first-order valence-electron chi connectivity index (χ1n) is 3.79. The molecule has 0 unspecified atom stereocenters. The lowest BCUT2D eigenvalue weighted by molar-refractivity contribution is -0.139. The molecule has 0 fully saturated rings. The molecule has 0 bridgehead atoms. The van der Waals surface area contributed by atoms with E-state index in [-0.39, 0.29) is 6.42 Å². The Labute approximate surface area is 78.8 Å². The maximum Gasteiger partial charge on any atom is 0.405 e. The summed E-state index contributed by atoms with van der Waals surface area (Å²) >= 11 is 0. The van der Waals surface area contributed by atoms with E-state index in [9.17, 15) is 9.59 Å². The molecule has 1 aromatic rings. The van der Waals surface area contributed by atoms with Crippen molar-refractivity contribution in [2.24, 2.45) is 0 Å². The molecule has 1 aromatic heterocycles. The average Bonchev–Trinajstić information content (AvgIpc) is 2.54. The number of hydrogen-bond acceptors (Lipinski definition) is 3. The summed E-state index contributed by atoms with van der Waals surface area (Å²) in [5, 5.41) is 18.9. The van der Waals surface area contributed by atoms with E-state index in [0.29, 0.717) is 5.69 Å². The van der Waals surface area contributed by atoms with Crippen LogP contribution in [0, 0.1) is 0 Å². The van der Waals surface area contributed by atoms with E-state index in [1.165, 1.54) is 12.5 Å². The van der Waals surface area contributed by atoms with Crippen LogP contribution in [0.5, 0.6) is 0 Å². The van der Waals surface area contributed by atoms with Crippen LogP contribution in [0.3, 0.4) is 0 Å². The van der Waals surface area contributed by atoms with Gasteiger partial charge in [-0.25, -0.2) is 14.6 Å². The predicted molar refractivity (Wildman–Crippen MR) is 44.9 cm³/mol. The van der Waals surface area contributed by atoms with Crippen LogP contribution >= 0.6 is 0 Å². The van der Waals surface area contributed by atoms with Gasteiger partial charge < -0.3 is 20.5 Å². The highest BCUT2D eigenvalue weighted by Crippen LogP contribution is 1.98. The van der Waals surface area contributed by atoms with Crippen molar-refractivity contribution < 1.29 is 19.8 Å². The van der Waals surface area contributed by atoms with Gasteiger partial charge in [-0.15, -0.1) is 0 Å². The van der Waals surface area contributed by atoms with E-state index >= 15 is 0 Å². The molecular formula is C7H9N3O4. The zero-order valence-electron chi connectivity index (χ0n) is 7.10. The first-order valence-corrected chi connectivity index (χ1v) is 3.79. The number of hydrogen-bond donors (Lipinski definition) is 4. The number of imidazole rings is 1. The Balaban J connectivity index is 2.60. The number of H-pyrrole nitrogens is 1. The van der Waals surface area contributed by atoms with Crippen molar-refractivity contribution in [1.29, 1.82) is 0 Å². The lowest BCUT2D eigenvalue weighted by Crippen LogP contribution is -2.41. The molecule has 0 spiro atoms. The second kappa shape index (κ2) is 4.26. The molecule has 0 aliphatic heterocycles. The number of nitrogens with zero attached hydrogens (tertiary/aromatic N) is 1. The number of carboxylic acid groups (broad SMARTS) is 2. The van der Waals surface area contributed by atoms with Crippen molar-refractivity contribution in [3.63, 3.8) is 0 Å². The van der Waals surface area contributed by atoms with Crippen LogP contribution in [0.15, 0.2) is 12.5 Å². The zero-order valence-corrected chi connectivity index (χ0v) is 7.10. The molecule has 4 N–H and O–H groups in total. The van der Waals surface area contributed by atoms with Crippen LogP contribution in [-0.2, 0) is 11.2 Å². The van der Waals surface area contributed by atoms with E-state index in [0.717, 1.165) is 0 Å². The monoisotopic (exact) mass is 199 g/mol. The Kier molecular flexibility index (Phi) is 3.05. The van der Waals surface area contributed by atoms with Gasteiger partial charge in [0.05, 0.1) is 6.33 Å². The van der Waals surface area contributed by atoms with Gasteiger partial charge in [-0.05, 0) is 0 Å². The minimum atomic E-state index is -1.36. The highest BCUT2D eigenvalue weighted by molar-refractivity contribution is 5.79. The Hall–Kier alpha value is -2.05. The molecule has 1 atom stereocenters. The summed E-state index contributed by atoms with van der Waals surface area (Å²) in [7, 11) is 0. The van der Waals surface area contributed by atoms with Crippen LogP contribution in [0.4, 0.5) is 4.79 Å². The Bertz CT molecular complexity index is 322. The molecule has 0 radical (unpaired) electrons. The standard InChI is InChI=1S/C7H9N3O4/c11-6(12)5(10-7(13)14)1-4-2-8-3-9-4/h2-3,5,10H,1H2,(H,8,9)(H,11,12)(H,13,14)/t5-/m0/s1. The Morgan fingerprint density at radius 3 is 2.71 bits per heavy atom. The van der Waals surface area contributed by atoms with Gasteiger partial charge in [0.2, 0.25) is 0 Å². The number of carboxylic acids is 1. The molecule has 76 valence electrons. The van der Waals surface area contributed by atoms with Gasteiger partial charge in [0, 0.05) is 18.3 Å². The molecule has 0 saturated heterocycles. The van der Waals surface area contributed by atoms with Crippen molar-refractivity contribution in [3.05, 3.63) is 18.2 Å². The summed E-state index contributed by atoms with van der Waals surface area (Å²) in [6, 6.07) is -1.16. The molecule has 14 heavy (non-hydrogen) atoms. The molecule has 0 aromatic carbocycles. The molecule has 7 heteroatoms. The molecule has 1 amide bonds. The van der Waals surface area contributed by atoms with Crippen molar-refractivity contribution in [1.82, 2.24) is 15.3 Å². The minimum absolute atomic E-state index is 0.0433. The van der Waals surface area contributed by atoms with Crippen LogP contribution in [0.1, 0.15) is 5.69 Å². The lowest BCUT2D eigenvalue weighted by Gasteiger charge is -2.10. The van der Waals surface area contributed by atoms with Gasteiger partial charge in [0.25, 0.3) is 0 Å². The number of amides is 1. The predicted octanol–water partition coefficient (Wildman–Crippen LogP) is -0.327. The van der Waals surface area contributed by atoms with Gasteiger partial charge in [-0.3, -0.25) is 0 Å². The SMILES string of the molecule is O=C(O)N[C@@H](Cc1cnc[nH]1)C(=O)O. The summed E-state index contributed by atoms with van der Waals surface area (Å²) in [6.45, 7) is 0. The van der Waals surface area contributed by atoms with E-state index in [2.05, 4.69) is 9.97 Å². The van der Waals surface area contributed by atoms with Crippen LogP contribution in [0.2, 0.25) is 0 Å². The van der Waals surface area contributed by atoms with Crippen molar-refractivity contribution >= 4 is 12.1 Å². The fourth-order valence-electron chi connectivity index (χ4n) is 0.965. The van der Waals surface area contributed by atoms with Crippen molar-refractivity contribution in [2.75, 3.05) is 0 Å². The molecule has 0 saturated carbocycles. The fraction of sp³-hybridized carbons (Fsp3) is 0.286. The van der Waals surface area contributed by atoms with Crippen molar-refractivity contribution in [2.45, 2.75) is 12.5 Å². The zero-order chi connectivity index (χ0) is 10.6. The second-order valence-electron chi connectivity index (χ2n) is 2.62. The van der Waals surface area contributed by atoms with Gasteiger partial charge in [0.1, 0.15) is 6.04 Å². The summed E-state index contributed by atoms with van der Waals surface area (Å²) in [6.07, 6.45) is 1.52. The third-order valence-corrected chi connectivity index (χ3v) is 1.57. The normalized spacial score (nSPS) is 12.0. The number of nitrogens with one attached hydrogen (secondary N) is 2. The van der Waals surface area contributed by atoms with E-state index < -0.39 is 18.1 Å². The smallest absolute Gasteiger partial charge is 0.405 e. The molecule has 1 rings (SSSR count). The van der Waals surface area contributed by atoms with Crippen LogP contribution in [-0.4, -0.2) is 38.3 Å². The number of aromatic nitrogens is 2. The van der Waals surface area contributed by atoms with Gasteiger partial charge in [-0.1, -0.05) is 0 Å². The van der Waals surface area contributed by atoms with Gasteiger partial charge in [-0.2, -0.15) is 0 Å². The number of aromatic amines is 1. The molecule has 0 aliphatic rings. The number of aliphatic carboxylic acids is 1. The third-order valence-electron chi connectivity index (χ3n) is 1.57. The average molecular weight is 199 g/mol. The first-order chi connectivity index (χ1) is 6.59. The van der Waals surface area contributed by atoms with E-state index in [1.54, 1.807) is 0 Å². The first kappa shape index (κ1) is 10.0. The minimum Gasteiger partial charge on any atom is -0.480 e. The van der Waals surface area contributed by atoms with Crippen LogP contribution in [0.25, 0.3) is 0 Å². The quantitative estimate of drug-likeness (QED) is 0.530. The van der Waals surface area contributed by atoms with Crippen LogP contribution < -0.4 is 5.32 Å². The Morgan fingerprint density at radius 1 is 1.57 bits per heavy atom. The summed E-state index contributed by atoms with van der Waals surface area (Å²) in [5.41, 5.74) is 0.561. The van der Waals surface area contributed by atoms with E-state index in [4.69, 9.17) is 10.2 Å². The van der Waals surface area contributed by atoms with Crippen molar-refractivity contribution in [3.8, 4) is 0 Å². The highest BCUT2D eigenvalue weighted by atomic mass is 16.4. The molecule has 0 aliphatic carbocycles. The second-order valence-corrected chi connectivity index (χ2v) is 2.62. The summed E-state index contributed by atoms with van der Waals surface area (Å²) in [4.78, 5) is 27.2. The van der Waals surface area contributed by atoms with E-state index in [1.807, 2.05) is 5.32 Å². The number of rotatable bonds is 4. The largest absolute Gasteiger partial charge is 0.480 e. The lowest BCUT2D eigenvalue weighted by atomic mass is 10.2. The topological polar surface area (TPSA) is 115 Å². The molecule has 7 nitrogen and oxygen atoms in total. The maximum atomic E-state index is 10.6. The summed E-state index contributed by atoms with van der Waals surface area (Å²) < 4.78 is 0. The van der Waals surface area contributed by atoms with Gasteiger partial charge in [0.15, 0.2) is 0 Å². The summed E-state index contributed by atoms with van der Waals surface area (Å²) in [5.74, 6) is -1.22.